The number of likely N-dealkylation sites (tertiary alicyclic amines) is 1. The lowest BCUT2D eigenvalue weighted by atomic mass is 9.96. The van der Waals surface area contributed by atoms with Gasteiger partial charge < -0.3 is 9.42 Å². The molecule has 7 heteroatoms. The first kappa shape index (κ1) is 15.5. The minimum absolute atomic E-state index is 0.0342. The third-order valence-electron chi connectivity index (χ3n) is 4.31. The number of rotatable bonds is 3. The zero-order valence-corrected chi connectivity index (χ0v) is 13.4. The number of nitrogens with zero attached hydrogens (tertiary/aromatic N) is 4. The number of amides is 1. The summed E-state index contributed by atoms with van der Waals surface area (Å²) in [6.45, 7) is 5.57. The molecule has 0 bridgehead atoms. The molecule has 1 saturated heterocycles. The molecule has 0 aliphatic carbocycles. The van der Waals surface area contributed by atoms with E-state index in [1.165, 1.54) is 10.9 Å². The van der Waals surface area contributed by atoms with Gasteiger partial charge in [-0.3, -0.25) is 9.59 Å². The van der Waals surface area contributed by atoms with Crippen molar-refractivity contribution >= 4 is 5.91 Å². The zero-order valence-electron chi connectivity index (χ0n) is 13.4. The summed E-state index contributed by atoms with van der Waals surface area (Å²) in [5.74, 6) is 0.871. The number of carbonyl (C=O) groups excluding carboxylic acids is 1. The van der Waals surface area contributed by atoms with Gasteiger partial charge in [0.1, 0.15) is 11.3 Å². The Bertz CT molecular complexity index is 757. The summed E-state index contributed by atoms with van der Waals surface area (Å²) >= 11 is 0. The molecule has 1 fully saturated rings. The molecule has 3 heterocycles. The van der Waals surface area contributed by atoms with E-state index in [1.807, 2.05) is 11.8 Å². The van der Waals surface area contributed by atoms with Crippen molar-refractivity contribution in [2.24, 2.45) is 5.92 Å². The van der Waals surface area contributed by atoms with E-state index >= 15 is 0 Å². The number of carbonyl (C=O) groups is 1. The molecular formula is C16H20N4O3. The van der Waals surface area contributed by atoms with E-state index < -0.39 is 0 Å². The molecule has 0 spiro atoms. The van der Waals surface area contributed by atoms with E-state index in [1.54, 1.807) is 19.1 Å². The highest BCUT2D eigenvalue weighted by Gasteiger charge is 2.26. The average molecular weight is 316 g/mol. The van der Waals surface area contributed by atoms with Crippen molar-refractivity contribution in [3.8, 4) is 0 Å². The van der Waals surface area contributed by atoms with E-state index in [9.17, 15) is 9.59 Å². The highest BCUT2D eigenvalue weighted by molar-refractivity contribution is 5.94. The molecule has 0 unspecified atom stereocenters. The number of piperidine rings is 1. The topological polar surface area (TPSA) is 81.2 Å². The number of aromatic nitrogens is 3. The van der Waals surface area contributed by atoms with Gasteiger partial charge in [0.15, 0.2) is 0 Å². The Morgan fingerprint density at radius 2 is 2.04 bits per heavy atom. The largest absolute Gasteiger partial charge is 0.361 e. The van der Waals surface area contributed by atoms with Crippen LogP contribution in [0.1, 0.15) is 34.7 Å². The lowest BCUT2D eigenvalue weighted by molar-refractivity contribution is 0.0678. The number of hydrogen-bond donors (Lipinski definition) is 0. The fourth-order valence-corrected chi connectivity index (χ4v) is 2.92. The summed E-state index contributed by atoms with van der Waals surface area (Å²) < 4.78 is 6.49. The third kappa shape index (κ3) is 3.33. The molecule has 0 N–H and O–H groups in total. The summed E-state index contributed by atoms with van der Waals surface area (Å²) in [4.78, 5) is 26.1. The quantitative estimate of drug-likeness (QED) is 0.855. The molecule has 1 aliphatic heterocycles. The first-order valence-electron chi connectivity index (χ1n) is 7.80. The molecule has 0 atom stereocenters. The molecule has 2 aromatic heterocycles. The van der Waals surface area contributed by atoms with Gasteiger partial charge in [0.05, 0.1) is 11.9 Å². The minimum Gasteiger partial charge on any atom is -0.361 e. The van der Waals surface area contributed by atoms with Gasteiger partial charge in [-0.25, -0.2) is 4.68 Å². The van der Waals surface area contributed by atoms with Crippen LogP contribution in [0, 0.1) is 19.8 Å². The zero-order chi connectivity index (χ0) is 16.4. The maximum absolute atomic E-state index is 12.4. The summed E-state index contributed by atoms with van der Waals surface area (Å²) in [6.07, 6.45) is 3.19. The molecule has 7 nitrogen and oxygen atoms in total. The first-order valence-corrected chi connectivity index (χ1v) is 7.80. The maximum atomic E-state index is 12.4. The molecule has 0 saturated carbocycles. The Hall–Kier alpha value is -2.44. The van der Waals surface area contributed by atoms with Crippen LogP contribution < -0.4 is 5.56 Å². The van der Waals surface area contributed by atoms with Crippen LogP contribution in [0.3, 0.4) is 0 Å². The Morgan fingerprint density at radius 1 is 1.30 bits per heavy atom. The van der Waals surface area contributed by atoms with Gasteiger partial charge >= 0.3 is 0 Å². The second kappa shape index (κ2) is 6.36. The summed E-state index contributed by atoms with van der Waals surface area (Å²) in [6, 6.07) is 3.27. The molecule has 122 valence electrons. The van der Waals surface area contributed by atoms with Crippen LogP contribution in [0.25, 0.3) is 0 Å². The third-order valence-corrected chi connectivity index (χ3v) is 4.31. The van der Waals surface area contributed by atoms with E-state index in [0.717, 1.165) is 18.5 Å². The monoisotopic (exact) mass is 316 g/mol. The van der Waals surface area contributed by atoms with Gasteiger partial charge in [-0.1, -0.05) is 5.16 Å². The maximum Gasteiger partial charge on any atom is 0.266 e. The summed E-state index contributed by atoms with van der Waals surface area (Å²) in [7, 11) is 0. The summed E-state index contributed by atoms with van der Waals surface area (Å²) in [5, 5.41) is 7.93. The van der Waals surface area contributed by atoms with Gasteiger partial charge in [-0.2, -0.15) is 5.10 Å². The van der Waals surface area contributed by atoms with Crippen LogP contribution in [0.15, 0.2) is 27.6 Å². The fourth-order valence-electron chi connectivity index (χ4n) is 2.92. The van der Waals surface area contributed by atoms with Crippen LogP contribution in [-0.4, -0.2) is 38.8 Å². The predicted octanol–water partition coefficient (Wildman–Crippen LogP) is 1.40. The Morgan fingerprint density at radius 3 is 2.70 bits per heavy atom. The van der Waals surface area contributed by atoms with Crippen LogP contribution in [-0.2, 0) is 6.54 Å². The van der Waals surface area contributed by atoms with Crippen molar-refractivity contribution in [2.75, 3.05) is 13.1 Å². The molecule has 0 aromatic carbocycles. The molecule has 1 aliphatic rings. The fraction of sp³-hybridized carbons (Fsp3) is 0.500. The second-order valence-electron chi connectivity index (χ2n) is 6.03. The Labute approximate surface area is 133 Å². The van der Waals surface area contributed by atoms with Gasteiger partial charge in [0, 0.05) is 25.7 Å². The molecule has 3 rings (SSSR count). The lowest BCUT2D eigenvalue weighted by Gasteiger charge is -2.31. The van der Waals surface area contributed by atoms with Crippen LogP contribution in [0.4, 0.5) is 0 Å². The van der Waals surface area contributed by atoms with Crippen molar-refractivity contribution in [3.63, 3.8) is 0 Å². The standard InChI is InChI=1S/C16H20N4O3/c1-11-3-4-15(21)20(18-11)10-13-5-7-19(8-6-13)16(22)14-9-17-23-12(14)2/h3-4,9,13H,5-8,10H2,1-2H3. The van der Waals surface area contributed by atoms with E-state index in [-0.39, 0.29) is 11.5 Å². The van der Waals surface area contributed by atoms with Gasteiger partial charge in [-0.05, 0) is 38.7 Å². The van der Waals surface area contributed by atoms with Crippen LogP contribution in [0.5, 0.6) is 0 Å². The van der Waals surface area contributed by atoms with Crippen molar-refractivity contribution in [3.05, 3.63) is 45.7 Å². The van der Waals surface area contributed by atoms with Crippen molar-refractivity contribution in [2.45, 2.75) is 33.2 Å². The highest BCUT2D eigenvalue weighted by Crippen LogP contribution is 2.21. The van der Waals surface area contributed by atoms with E-state index in [4.69, 9.17) is 4.52 Å². The highest BCUT2D eigenvalue weighted by atomic mass is 16.5. The van der Waals surface area contributed by atoms with Gasteiger partial charge in [0.2, 0.25) is 0 Å². The minimum atomic E-state index is -0.0748. The molecular weight excluding hydrogens is 296 g/mol. The lowest BCUT2D eigenvalue weighted by Crippen LogP contribution is -2.40. The molecule has 2 aromatic rings. The Balaban J connectivity index is 1.60. The Kier molecular flexibility index (Phi) is 4.27. The van der Waals surface area contributed by atoms with Gasteiger partial charge in [-0.15, -0.1) is 0 Å². The predicted molar refractivity (Wildman–Crippen MR) is 83.1 cm³/mol. The molecule has 23 heavy (non-hydrogen) atoms. The van der Waals surface area contributed by atoms with E-state index in [0.29, 0.717) is 36.9 Å². The smallest absolute Gasteiger partial charge is 0.266 e. The van der Waals surface area contributed by atoms with Crippen molar-refractivity contribution in [1.29, 1.82) is 0 Å². The summed E-state index contributed by atoms with van der Waals surface area (Å²) in [5.41, 5.74) is 1.29. The normalized spacial score (nSPS) is 15.8. The van der Waals surface area contributed by atoms with Crippen LogP contribution >= 0.6 is 0 Å². The SMILES string of the molecule is Cc1ccc(=O)n(CC2CCN(C(=O)c3cnoc3C)CC2)n1. The average Bonchev–Trinajstić information content (AvgIpc) is 2.97. The number of aryl methyl sites for hydroxylation is 2. The van der Waals surface area contributed by atoms with E-state index in [2.05, 4.69) is 10.3 Å². The van der Waals surface area contributed by atoms with Crippen molar-refractivity contribution < 1.29 is 9.32 Å². The van der Waals surface area contributed by atoms with Crippen molar-refractivity contribution in [1.82, 2.24) is 19.8 Å². The first-order chi connectivity index (χ1) is 11.0. The van der Waals surface area contributed by atoms with Crippen LogP contribution in [0.2, 0.25) is 0 Å². The molecule has 0 radical (unpaired) electrons. The molecule has 1 amide bonds. The second-order valence-corrected chi connectivity index (χ2v) is 6.03. The van der Waals surface area contributed by atoms with Gasteiger partial charge in [0.25, 0.3) is 11.5 Å². The number of hydrogen-bond acceptors (Lipinski definition) is 5.